The molecule has 14 heavy (non-hydrogen) atoms. The Balaban J connectivity index is 1.79. The van der Waals surface area contributed by atoms with E-state index in [2.05, 4.69) is 28.0 Å². The summed E-state index contributed by atoms with van der Waals surface area (Å²) in [5.74, 6) is 0. The van der Waals surface area contributed by atoms with E-state index in [9.17, 15) is 0 Å². The van der Waals surface area contributed by atoms with Crippen LogP contribution >= 0.6 is 0 Å². The van der Waals surface area contributed by atoms with E-state index in [4.69, 9.17) is 0 Å². The molecule has 0 bridgehead atoms. The molecular weight excluding hydrogens is 174 g/mol. The van der Waals surface area contributed by atoms with Crippen molar-refractivity contribution in [2.45, 2.75) is 51.7 Å². The predicted molar refractivity (Wildman–Crippen MR) is 57.0 cm³/mol. The van der Waals surface area contributed by atoms with Crippen LogP contribution in [0.2, 0.25) is 0 Å². The number of hydrogen-bond donors (Lipinski definition) is 1. The number of hydrogen-bond acceptors (Lipinski definition) is 2. The fourth-order valence-corrected chi connectivity index (χ4v) is 2.05. The number of nitrogens with zero attached hydrogens (tertiary/aromatic N) is 2. The number of rotatable bonds is 4. The Morgan fingerprint density at radius 2 is 2.29 bits per heavy atom. The highest BCUT2D eigenvalue weighted by molar-refractivity contribution is 4.96. The molecule has 1 aromatic heterocycles. The molecule has 0 aromatic carbocycles. The first-order valence-electron chi connectivity index (χ1n) is 5.62. The van der Waals surface area contributed by atoms with Gasteiger partial charge in [-0.25, -0.2) is 4.98 Å². The molecule has 3 heteroatoms. The molecule has 1 heterocycles. The largest absolute Gasteiger partial charge is 0.337 e. The third-order valence-corrected chi connectivity index (χ3v) is 2.98. The highest BCUT2D eigenvalue weighted by Gasteiger charge is 2.13. The Morgan fingerprint density at radius 1 is 1.50 bits per heavy atom. The van der Waals surface area contributed by atoms with Crippen LogP contribution in [0.1, 0.15) is 38.3 Å². The summed E-state index contributed by atoms with van der Waals surface area (Å²) in [7, 11) is 0. The first-order chi connectivity index (χ1) is 6.88. The Kier molecular flexibility index (Phi) is 3.19. The lowest BCUT2D eigenvalue weighted by Crippen LogP contribution is -2.25. The second-order valence-corrected chi connectivity index (χ2v) is 4.06. The summed E-state index contributed by atoms with van der Waals surface area (Å²) in [6.45, 7) is 4.07. The first-order valence-corrected chi connectivity index (χ1v) is 5.62. The van der Waals surface area contributed by atoms with Gasteiger partial charge in [-0.2, -0.15) is 0 Å². The van der Waals surface area contributed by atoms with Crippen LogP contribution in [-0.2, 0) is 13.1 Å². The Morgan fingerprint density at radius 3 is 2.93 bits per heavy atom. The zero-order valence-corrected chi connectivity index (χ0v) is 8.87. The number of aryl methyl sites for hydroxylation is 1. The van der Waals surface area contributed by atoms with Crippen molar-refractivity contribution in [3.8, 4) is 0 Å². The van der Waals surface area contributed by atoms with Gasteiger partial charge in [0.2, 0.25) is 0 Å². The standard InChI is InChI=1S/C11H19N3/c1-2-14-8-11(13-9-14)7-12-10-5-3-4-6-10/h8-10,12H,2-7H2,1H3. The SMILES string of the molecule is CCn1cnc(CNC2CCCC2)c1. The van der Waals surface area contributed by atoms with Gasteiger partial charge in [-0.3, -0.25) is 0 Å². The quantitative estimate of drug-likeness (QED) is 0.792. The molecule has 2 rings (SSSR count). The van der Waals surface area contributed by atoms with E-state index in [1.807, 2.05) is 6.33 Å². The number of aromatic nitrogens is 2. The zero-order valence-electron chi connectivity index (χ0n) is 8.87. The van der Waals surface area contributed by atoms with E-state index in [1.54, 1.807) is 0 Å². The van der Waals surface area contributed by atoms with E-state index in [0.717, 1.165) is 19.1 Å². The summed E-state index contributed by atoms with van der Waals surface area (Å²) in [6.07, 6.45) is 9.50. The van der Waals surface area contributed by atoms with Crippen LogP contribution in [0.4, 0.5) is 0 Å². The Bertz CT molecular complexity index is 274. The van der Waals surface area contributed by atoms with Crippen LogP contribution in [0, 0.1) is 0 Å². The second kappa shape index (κ2) is 4.60. The molecule has 1 N–H and O–H groups in total. The van der Waals surface area contributed by atoms with Crippen LogP contribution in [0.5, 0.6) is 0 Å². The van der Waals surface area contributed by atoms with Crippen LogP contribution in [-0.4, -0.2) is 15.6 Å². The second-order valence-electron chi connectivity index (χ2n) is 4.06. The normalized spacial score (nSPS) is 17.8. The molecule has 1 saturated carbocycles. The molecule has 1 aromatic rings. The topological polar surface area (TPSA) is 29.9 Å². The van der Waals surface area contributed by atoms with Gasteiger partial charge in [-0.05, 0) is 19.8 Å². The Labute approximate surface area is 85.5 Å². The van der Waals surface area contributed by atoms with Crippen molar-refractivity contribution in [2.24, 2.45) is 0 Å². The molecule has 0 unspecified atom stereocenters. The van der Waals surface area contributed by atoms with Crippen molar-refractivity contribution >= 4 is 0 Å². The van der Waals surface area contributed by atoms with Gasteiger partial charge < -0.3 is 9.88 Å². The molecule has 0 radical (unpaired) electrons. The van der Waals surface area contributed by atoms with Crippen LogP contribution in [0.15, 0.2) is 12.5 Å². The zero-order chi connectivity index (χ0) is 9.80. The lowest BCUT2D eigenvalue weighted by molar-refractivity contribution is 0.520. The molecule has 3 nitrogen and oxygen atoms in total. The minimum Gasteiger partial charge on any atom is -0.337 e. The minimum atomic E-state index is 0.738. The van der Waals surface area contributed by atoms with Gasteiger partial charge >= 0.3 is 0 Å². The molecule has 78 valence electrons. The lowest BCUT2D eigenvalue weighted by Gasteiger charge is -2.09. The molecule has 0 saturated heterocycles. The van der Waals surface area contributed by atoms with E-state index >= 15 is 0 Å². The van der Waals surface area contributed by atoms with E-state index in [1.165, 1.54) is 31.4 Å². The van der Waals surface area contributed by atoms with Crippen LogP contribution < -0.4 is 5.32 Å². The molecular formula is C11H19N3. The van der Waals surface area contributed by atoms with Crippen molar-refractivity contribution in [2.75, 3.05) is 0 Å². The van der Waals surface area contributed by atoms with Gasteiger partial charge in [0.25, 0.3) is 0 Å². The molecule has 1 fully saturated rings. The van der Waals surface area contributed by atoms with Crippen molar-refractivity contribution in [1.82, 2.24) is 14.9 Å². The van der Waals surface area contributed by atoms with E-state index in [0.29, 0.717) is 0 Å². The van der Waals surface area contributed by atoms with Crippen LogP contribution in [0.3, 0.4) is 0 Å². The van der Waals surface area contributed by atoms with Gasteiger partial charge in [0.15, 0.2) is 0 Å². The lowest BCUT2D eigenvalue weighted by atomic mass is 10.2. The average Bonchev–Trinajstić information content (AvgIpc) is 2.86. The third-order valence-electron chi connectivity index (χ3n) is 2.98. The third kappa shape index (κ3) is 2.35. The summed E-state index contributed by atoms with van der Waals surface area (Å²) < 4.78 is 2.12. The number of imidazole rings is 1. The van der Waals surface area contributed by atoms with Crippen molar-refractivity contribution in [1.29, 1.82) is 0 Å². The maximum atomic E-state index is 4.35. The van der Waals surface area contributed by atoms with Gasteiger partial charge in [0.05, 0.1) is 12.0 Å². The number of nitrogens with one attached hydrogen (secondary N) is 1. The highest BCUT2D eigenvalue weighted by atomic mass is 15.0. The van der Waals surface area contributed by atoms with Gasteiger partial charge in [0.1, 0.15) is 0 Å². The summed E-state index contributed by atoms with van der Waals surface area (Å²) >= 11 is 0. The van der Waals surface area contributed by atoms with Crippen molar-refractivity contribution in [3.05, 3.63) is 18.2 Å². The minimum absolute atomic E-state index is 0.738. The molecule has 0 aliphatic heterocycles. The van der Waals surface area contributed by atoms with Gasteiger partial charge in [-0.15, -0.1) is 0 Å². The summed E-state index contributed by atoms with van der Waals surface area (Å²) in [5.41, 5.74) is 1.17. The van der Waals surface area contributed by atoms with E-state index in [-0.39, 0.29) is 0 Å². The summed E-state index contributed by atoms with van der Waals surface area (Å²) in [4.78, 5) is 4.35. The first kappa shape index (κ1) is 9.71. The predicted octanol–water partition coefficient (Wildman–Crippen LogP) is 1.94. The van der Waals surface area contributed by atoms with Crippen molar-refractivity contribution < 1.29 is 0 Å². The molecule has 0 spiro atoms. The smallest absolute Gasteiger partial charge is 0.0949 e. The molecule has 0 atom stereocenters. The molecule has 1 aliphatic carbocycles. The van der Waals surface area contributed by atoms with E-state index < -0.39 is 0 Å². The fraction of sp³-hybridized carbons (Fsp3) is 0.727. The summed E-state index contributed by atoms with van der Waals surface area (Å²) in [6, 6.07) is 0.738. The maximum Gasteiger partial charge on any atom is 0.0949 e. The summed E-state index contributed by atoms with van der Waals surface area (Å²) in [5, 5.41) is 3.56. The maximum absolute atomic E-state index is 4.35. The van der Waals surface area contributed by atoms with Crippen molar-refractivity contribution in [3.63, 3.8) is 0 Å². The molecule has 0 amide bonds. The van der Waals surface area contributed by atoms with Gasteiger partial charge in [-0.1, -0.05) is 12.8 Å². The van der Waals surface area contributed by atoms with Crippen LogP contribution in [0.25, 0.3) is 0 Å². The highest BCUT2D eigenvalue weighted by Crippen LogP contribution is 2.17. The fourth-order valence-electron chi connectivity index (χ4n) is 2.05. The monoisotopic (exact) mass is 193 g/mol. The van der Waals surface area contributed by atoms with Gasteiger partial charge in [0, 0.05) is 25.3 Å². The average molecular weight is 193 g/mol. The molecule has 1 aliphatic rings. The Hall–Kier alpha value is -0.830.